The number of aryl methyl sites for hydroxylation is 1. The third-order valence-electron chi connectivity index (χ3n) is 4.83. The van der Waals surface area contributed by atoms with Crippen LogP contribution in [0.3, 0.4) is 0 Å². The highest BCUT2D eigenvalue weighted by atomic mass is 79.9. The maximum absolute atomic E-state index is 9.36. The summed E-state index contributed by atoms with van der Waals surface area (Å²) in [4.78, 5) is 11.2. The second kappa shape index (κ2) is 8.15. The second-order valence-electron chi connectivity index (χ2n) is 6.71. The first kappa shape index (κ1) is 18.1. The minimum atomic E-state index is 0.178. The van der Waals surface area contributed by atoms with E-state index in [1.807, 2.05) is 6.92 Å². The lowest BCUT2D eigenvalue weighted by Gasteiger charge is -2.34. The van der Waals surface area contributed by atoms with E-state index in [0.717, 1.165) is 36.1 Å². The van der Waals surface area contributed by atoms with Crippen molar-refractivity contribution < 1.29 is 5.11 Å². The molecule has 2 N–H and O–H groups in total. The van der Waals surface area contributed by atoms with Crippen molar-refractivity contribution in [2.24, 2.45) is 0 Å². The van der Waals surface area contributed by atoms with Gasteiger partial charge >= 0.3 is 0 Å². The van der Waals surface area contributed by atoms with Crippen molar-refractivity contribution in [1.82, 2.24) is 9.97 Å². The van der Waals surface area contributed by atoms with Crippen molar-refractivity contribution in [3.8, 4) is 0 Å². The Labute approximate surface area is 157 Å². The van der Waals surface area contributed by atoms with E-state index in [0.29, 0.717) is 12.0 Å². The molecular weight excluding hydrogens is 380 g/mol. The molecule has 1 aliphatic heterocycles. The zero-order chi connectivity index (χ0) is 17.8. The molecule has 1 aliphatic rings. The van der Waals surface area contributed by atoms with Crippen molar-refractivity contribution >= 4 is 27.6 Å². The van der Waals surface area contributed by atoms with Gasteiger partial charge in [-0.3, -0.25) is 0 Å². The van der Waals surface area contributed by atoms with E-state index in [2.05, 4.69) is 67.3 Å². The molecule has 0 bridgehead atoms. The molecule has 134 valence electrons. The first-order chi connectivity index (χ1) is 12.1. The van der Waals surface area contributed by atoms with Crippen molar-refractivity contribution in [2.45, 2.75) is 38.6 Å². The number of aliphatic hydroxyl groups is 1. The molecule has 0 amide bonds. The van der Waals surface area contributed by atoms with E-state index in [1.54, 1.807) is 6.20 Å². The van der Waals surface area contributed by atoms with E-state index in [4.69, 9.17) is 0 Å². The Kier molecular flexibility index (Phi) is 5.91. The molecule has 0 radical (unpaired) electrons. The molecule has 0 saturated carbocycles. The first-order valence-corrected chi connectivity index (χ1v) is 9.57. The number of aromatic nitrogens is 2. The first-order valence-electron chi connectivity index (χ1n) is 8.78. The fourth-order valence-corrected chi connectivity index (χ4v) is 3.31. The number of aliphatic hydroxyl groups excluding tert-OH is 1. The predicted octanol–water partition coefficient (Wildman–Crippen LogP) is 3.72. The van der Waals surface area contributed by atoms with Crippen LogP contribution >= 0.6 is 15.9 Å². The van der Waals surface area contributed by atoms with Gasteiger partial charge in [-0.25, -0.2) is 9.97 Å². The van der Waals surface area contributed by atoms with Crippen LogP contribution in [0.2, 0.25) is 0 Å². The Morgan fingerprint density at radius 2 is 2.12 bits per heavy atom. The van der Waals surface area contributed by atoms with E-state index < -0.39 is 0 Å². The number of piperidine rings is 1. The summed E-state index contributed by atoms with van der Waals surface area (Å²) in [5.41, 5.74) is 3.38. The summed E-state index contributed by atoms with van der Waals surface area (Å²) in [5, 5.41) is 12.8. The number of hydrogen-bond acceptors (Lipinski definition) is 5. The fraction of sp³-hybridized carbons (Fsp3) is 0.474. The molecule has 1 aromatic heterocycles. The minimum Gasteiger partial charge on any atom is -0.396 e. The van der Waals surface area contributed by atoms with Gasteiger partial charge in [-0.15, -0.1) is 0 Å². The predicted molar refractivity (Wildman–Crippen MR) is 105 cm³/mol. The molecule has 0 spiro atoms. The van der Waals surface area contributed by atoms with E-state index in [1.165, 1.54) is 11.3 Å². The number of nitrogens with one attached hydrogen (secondary N) is 1. The number of halogens is 1. The average Bonchev–Trinajstić information content (AvgIpc) is 2.65. The van der Waals surface area contributed by atoms with Crippen LogP contribution in [0, 0.1) is 6.92 Å². The molecule has 1 aromatic carbocycles. The fourth-order valence-electron chi connectivity index (χ4n) is 3.12. The molecule has 1 saturated heterocycles. The maximum Gasteiger partial charge on any atom is 0.223 e. The van der Waals surface area contributed by atoms with Crippen LogP contribution in [0.1, 0.15) is 36.9 Å². The molecule has 0 aliphatic carbocycles. The average molecular weight is 405 g/mol. The molecular formula is C19H25BrN4O. The standard InChI is InChI=1S/C19H25BrN4O/c1-13(12-25)15-4-3-5-17(10-15)24-8-6-16(7-9-24)23-19-21-11-18(20)14(2)22-19/h3-5,10-11,13,16,25H,6-9,12H2,1-2H3,(H,21,22,23). The summed E-state index contributed by atoms with van der Waals surface area (Å²) in [6.07, 6.45) is 3.91. The van der Waals surface area contributed by atoms with Crippen molar-refractivity contribution in [3.63, 3.8) is 0 Å². The van der Waals surface area contributed by atoms with Crippen LogP contribution in [0.25, 0.3) is 0 Å². The van der Waals surface area contributed by atoms with Gasteiger partial charge < -0.3 is 15.3 Å². The summed E-state index contributed by atoms with van der Waals surface area (Å²) in [6.45, 7) is 6.21. The summed E-state index contributed by atoms with van der Waals surface area (Å²) in [5.74, 6) is 0.884. The SMILES string of the molecule is Cc1nc(NC2CCN(c3cccc(C(C)CO)c3)CC2)ncc1Br. The minimum absolute atomic E-state index is 0.178. The topological polar surface area (TPSA) is 61.3 Å². The molecule has 5 nitrogen and oxygen atoms in total. The monoisotopic (exact) mass is 404 g/mol. The molecule has 2 aromatic rings. The van der Waals surface area contributed by atoms with Crippen molar-refractivity contribution in [1.29, 1.82) is 0 Å². The van der Waals surface area contributed by atoms with Gasteiger partial charge in [0.15, 0.2) is 0 Å². The number of rotatable bonds is 5. The lowest BCUT2D eigenvalue weighted by Crippen LogP contribution is -2.39. The van der Waals surface area contributed by atoms with Crippen LogP contribution in [0.15, 0.2) is 34.9 Å². The Hall–Kier alpha value is -1.66. The molecule has 1 fully saturated rings. The highest BCUT2D eigenvalue weighted by Crippen LogP contribution is 2.25. The lowest BCUT2D eigenvalue weighted by atomic mass is 10.00. The maximum atomic E-state index is 9.36. The Balaban J connectivity index is 1.59. The van der Waals surface area contributed by atoms with Gasteiger partial charge in [0, 0.05) is 43.5 Å². The number of nitrogens with zero attached hydrogens (tertiary/aromatic N) is 3. The van der Waals surface area contributed by atoms with Crippen LogP contribution < -0.4 is 10.2 Å². The van der Waals surface area contributed by atoms with Crippen molar-refractivity contribution in [3.05, 3.63) is 46.2 Å². The quantitative estimate of drug-likeness (QED) is 0.794. The second-order valence-corrected chi connectivity index (χ2v) is 7.57. The third-order valence-corrected chi connectivity index (χ3v) is 5.60. The van der Waals surface area contributed by atoms with Gasteiger partial charge in [0.2, 0.25) is 5.95 Å². The van der Waals surface area contributed by atoms with Gasteiger partial charge in [-0.1, -0.05) is 19.1 Å². The molecule has 25 heavy (non-hydrogen) atoms. The van der Waals surface area contributed by atoms with Crippen molar-refractivity contribution in [2.75, 3.05) is 29.9 Å². The Bertz CT molecular complexity index is 716. The van der Waals surface area contributed by atoms with Gasteiger partial charge in [-0.2, -0.15) is 0 Å². The van der Waals surface area contributed by atoms with Gasteiger partial charge in [-0.05, 0) is 53.4 Å². The molecule has 1 unspecified atom stereocenters. The van der Waals surface area contributed by atoms with Crippen LogP contribution in [-0.4, -0.2) is 40.8 Å². The largest absolute Gasteiger partial charge is 0.396 e. The highest BCUT2D eigenvalue weighted by molar-refractivity contribution is 9.10. The lowest BCUT2D eigenvalue weighted by molar-refractivity contribution is 0.273. The molecule has 2 heterocycles. The number of anilines is 2. The number of hydrogen-bond donors (Lipinski definition) is 2. The molecule has 6 heteroatoms. The summed E-state index contributed by atoms with van der Waals surface area (Å²) in [7, 11) is 0. The van der Waals surface area contributed by atoms with Crippen LogP contribution in [0.5, 0.6) is 0 Å². The van der Waals surface area contributed by atoms with E-state index in [-0.39, 0.29) is 12.5 Å². The highest BCUT2D eigenvalue weighted by Gasteiger charge is 2.20. The summed E-state index contributed by atoms with van der Waals surface area (Å²) < 4.78 is 0.935. The Morgan fingerprint density at radius 1 is 1.36 bits per heavy atom. The Morgan fingerprint density at radius 3 is 2.80 bits per heavy atom. The summed E-state index contributed by atoms with van der Waals surface area (Å²) in [6, 6.07) is 8.93. The zero-order valence-electron chi connectivity index (χ0n) is 14.7. The van der Waals surface area contributed by atoms with Crippen LogP contribution in [0.4, 0.5) is 11.6 Å². The van der Waals surface area contributed by atoms with E-state index >= 15 is 0 Å². The smallest absolute Gasteiger partial charge is 0.223 e. The van der Waals surface area contributed by atoms with Gasteiger partial charge in [0.05, 0.1) is 10.2 Å². The zero-order valence-corrected chi connectivity index (χ0v) is 16.3. The third kappa shape index (κ3) is 4.50. The molecule has 3 rings (SSSR count). The van der Waals surface area contributed by atoms with Gasteiger partial charge in [0.1, 0.15) is 0 Å². The molecule has 1 atom stereocenters. The summed E-state index contributed by atoms with van der Waals surface area (Å²) >= 11 is 3.43. The van der Waals surface area contributed by atoms with Crippen LogP contribution in [-0.2, 0) is 0 Å². The number of benzene rings is 1. The normalized spacial score (nSPS) is 16.7. The van der Waals surface area contributed by atoms with Gasteiger partial charge in [0.25, 0.3) is 0 Å². The van der Waals surface area contributed by atoms with E-state index in [9.17, 15) is 5.11 Å².